The van der Waals surface area contributed by atoms with Gasteiger partial charge in [-0.25, -0.2) is 4.79 Å². The summed E-state index contributed by atoms with van der Waals surface area (Å²) in [5.74, 6) is -1.36. The minimum Gasteiger partial charge on any atom is -0.478 e. The molecule has 0 spiro atoms. The van der Waals surface area contributed by atoms with Crippen molar-refractivity contribution < 1.29 is 24.2 Å². The lowest BCUT2D eigenvalue weighted by molar-refractivity contribution is -0.121. The average Bonchev–Trinajstić information content (AvgIpc) is 2.40. The van der Waals surface area contributed by atoms with Gasteiger partial charge in [0.05, 0.1) is 18.8 Å². The van der Waals surface area contributed by atoms with Gasteiger partial charge in [-0.15, -0.1) is 0 Å². The molecule has 0 saturated heterocycles. The molecule has 0 radical (unpaired) electrons. The van der Waals surface area contributed by atoms with E-state index >= 15 is 0 Å². The fourth-order valence-corrected chi connectivity index (χ4v) is 1.50. The predicted octanol–water partition coefficient (Wildman–Crippen LogP) is 1.68. The molecule has 2 N–H and O–H groups in total. The van der Waals surface area contributed by atoms with Crippen molar-refractivity contribution in [2.24, 2.45) is 0 Å². The normalized spacial score (nSPS) is 10.3. The third kappa shape index (κ3) is 5.38. The van der Waals surface area contributed by atoms with Gasteiger partial charge in [0, 0.05) is 12.3 Å². The molecule has 0 aliphatic carbocycles. The van der Waals surface area contributed by atoms with Gasteiger partial charge >= 0.3 is 5.97 Å². The summed E-state index contributed by atoms with van der Waals surface area (Å²) < 4.78 is 10.2. The smallest absolute Gasteiger partial charge is 0.335 e. The quantitative estimate of drug-likeness (QED) is 0.708. The SMILES string of the molecule is CCOCCOCC(=O)Nc1cc(C(=O)O)ccc1C. The van der Waals surface area contributed by atoms with Gasteiger partial charge in [-0.2, -0.15) is 0 Å². The van der Waals surface area contributed by atoms with Crippen molar-refractivity contribution in [3.63, 3.8) is 0 Å². The van der Waals surface area contributed by atoms with Crippen molar-refractivity contribution in [1.29, 1.82) is 0 Å². The van der Waals surface area contributed by atoms with Gasteiger partial charge in [-0.1, -0.05) is 6.07 Å². The maximum absolute atomic E-state index is 11.7. The van der Waals surface area contributed by atoms with Gasteiger partial charge in [0.2, 0.25) is 5.91 Å². The molecule has 0 heterocycles. The van der Waals surface area contributed by atoms with Gasteiger partial charge in [-0.3, -0.25) is 4.79 Å². The Hall–Kier alpha value is -1.92. The molecule has 0 aliphatic heterocycles. The molecule has 0 fully saturated rings. The standard InChI is InChI=1S/C14H19NO5/c1-3-19-6-7-20-9-13(16)15-12-8-11(14(17)18)5-4-10(12)2/h4-5,8H,3,6-7,9H2,1-2H3,(H,15,16)(H,17,18). The molecule has 1 aromatic rings. The number of carbonyl (C=O) groups excluding carboxylic acids is 1. The van der Waals surface area contributed by atoms with Crippen molar-refractivity contribution >= 4 is 17.6 Å². The third-order valence-electron chi connectivity index (χ3n) is 2.57. The Morgan fingerprint density at radius 2 is 1.95 bits per heavy atom. The maximum Gasteiger partial charge on any atom is 0.335 e. The number of nitrogens with one attached hydrogen (secondary N) is 1. The first-order valence-corrected chi connectivity index (χ1v) is 6.34. The van der Waals surface area contributed by atoms with Crippen molar-refractivity contribution in [1.82, 2.24) is 0 Å². The van der Waals surface area contributed by atoms with Gasteiger partial charge in [0.15, 0.2) is 0 Å². The van der Waals surface area contributed by atoms with E-state index in [1.54, 1.807) is 13.0 Å². The van der Waals surface area contributed by atoms with E-state index in [9.17, 15) is 9.59 Å². The van der Waals surface area contributed by atoms with Crippen LogP contribution in [0.1, 0.15) is 22.8 Å². The summed E-state index contributed by atoms with van der Waals surface area (Å²) in [7, 11) is 0. The molecule has 0 aromatic heterocycles. The summed E-state index contributed by atoms with van der Waals surface area (Å²) in [4.78, 5) is 22.5. The number of amides is 1. The van der Waals surface area contributed by atoms with Crippen LogP contribution in [0.3, 0.4) is 0 Å². The van der Waals surface area contributed by atoms with E-state index < -0.39 is 5.97 Å². The Morgan fingerprint density at radius 1 is 1.25 bits per heavy atom. The van der Waals surface area contributed by atoms with Crippen LogP contribution in [-0.4, -0.2) is 43.4 Å². The molecule has 6 nitrogen and oxygen atoms in total. The Morgan fingerprint density at radius 3 is 2.60 bits per heavy atom. The minimum atomic E-state index is -1.03. The molecule has 6 heteroatoms. The van der Waals surface area contributed by atoms with E-state index in [0.29, 0.717) is 25.5 Å². The number of carboxylic acid groups (broad SMARTS) is 1. The van der Waals surface area contributed by atoms with Gasteiger partial charge in [0.1, 0.15) is 6.61 Å². The van der Waals surface area contributed by atoms with Crippen LogP contribution in [0.25, 0.3) is 0 Å². The first kappa shape index (κ1) is 16.1. The van der Waals surface area contributed by atoms with E-state index in [4.69, 9.17) is 14.6 Å². The van der Waals surface area contributed by atoms with Gasteiger partial charge < -0.3 is 19.9 Å². The van der Waals surface area contributed by atoms with Crippen LogP contribution < -0.4 is 5.32 Å². The summed E-state index contributed by atoms with van der Waals surface area (Å²) >= 11 is 0. The fourth-order valence-electron chi connectivity index (χ4n) is 1.50. The zero-order chi connectivity index (χ0) is 15.0. The third-order valence-corrected chi connectivity index (χ3v) is 2.57. The average molecular weight is 281 g/mol. The second-order valence-electron chi connectivity index (χ2n) is 4.13. The van der Waals surface area contributed by atoms with Crippen LogP contribution in [0.2, 0.25) is 0 Å². The van der Waals surface area contributed by atoms with Crippen LogP contribution in [0.5, 0.6) is 0 Å². The second kappa shape index (κ2) is 8.29. The number of aryl methyl sites for hydroxylation is 1. The van der Waals surface area contributed by atoms with Crippen molar-refractivity contribution in [3.8, 4) is 0 Å². The lowest BCUT2D eigenvalue weighted by Crippen LogP contribution is -2.20. The number of ether oxygens (including phenoxy) is 2. The zero-order valence-electron chi connectivity index (χ0n) is 11.6. The van der Waals surface area contributed by atoms with Gasteiger partial charge in [0.25, 0.3) is 0 Å². The highest BCUT2D eigenvalue weighted by atomic mass is 16.5. The van der Waals surface area contributed by atoms with Crippen LogP contribution in [-0.2, 0) is 14.3 Å². The summed E-state index contributed by atoms with van der Waals surface area (Å²) in [5, 5.41) is 11.5. The first-order valence-electron chi connectivity index (χ1n) is 6.34. The van der Waals surface area contributed by atoms with Crippen LogP contribution in [0.15, 0.2) is 18.2 Å². The van der Waals surface area contributed by atoms with Crippen molar-refractivity contribution in [3.05, 3.63) is 29.3 Å². The monoisotopic (exact) mass is 281 g/mol. The van der Waals surface area contributed by atoms with Crippen LogP contribution >= 0.6 is 0 Å². The molecule has 0 bridgehead atoms. The molecule has 0 atom stereocenters. The number of rotatable bonds is 8. The molecule has 1 amide bonds. The zero-order valence-corrected chi connectivity index (χ0v) is 11.6. The lowest BCUT2D eigenvalue weighted by Gasteiger charge is -2.09. The highest BCUT2D eigenvalue weighted by molar-refractivity contribution is 5.95. The summed E-state index contributed by atoms with van der Waals surface area (Å²) in [6.07, 6.45) is 0. The summed E-state index contributed by atoms with van der Waals surface area (Å²) in [5.41, 5.74) is 1.39. The summed E-state index contributed by atoms with van der Waals surface area (Å²) in [6.45, 7) is 4.97. The topological polar surface area (TPSA) is 84.9 Å². The largest absolute Gasteiger partial charge is 0.478 e. The number of carboxylic acids is 1. The molecule has 20 heavy (non-hydrogen) atoms. The van der Waals surface area contributed by atoms with E-state index in [1.807, 2.05) is 6.92 Å². The predicted molar refractivity (Wildman–Crippen MR) is 74.1 cm³/mol. The van der Waals surface area contributed by atoms with E-state index in [1.165, 1.54) is 12.1 Å². The number of benzene rings is 1. The Labute approximate surface area is 117 Å². The molecule has 0 saturated carbocycles. The van der Waals surface area contributed by atoms with Gasteiger partial charge in [-0.05, 0) is 31.5 Å². The van der Waals surface area contributed by atoms with Crippen molar-refractivity contribution in [2.45, 2.75) is 13.8 Å². The molecule has 1 rings (SSSR count). The number of anilines is 1. The molecule has 1 aromatic carbocycles. The Bertz CT molecular complexity index is 473. The van der Waals surface area contributed by atoms with E-state index in [2.05, 4.69) is 5.32 Å². The number of aromatic carboxylic acids is 1. The number of carbonyl (C=O) groups is 2. The number of hydrogen-bond donors (Lipinski definition) is 2. The summed E-state index contributed by atoms with van der Waals surface area (Å²) in [6, 6.07) is 4.57. The van der Waals surface area contributed by atoms with E-state index in [0.717, 1.165) is 5.56 Å². The van der Waals surface area contributed by atoms with Crippen molar-refractivity contribution in [2.75, 3.05) is 31.7 Å². The Kier molecular flexibility index (Phi) is 6.69. The lowest BCUT2D eigenvalue weighted by atomic mass is 10.1. The molecule has 0 unspecified atom stereocenters. The highest BCUT2D eigenvalue weighted by Gasteiger charge is 2.09. The van der Waals surface area contributed by atoms with E-state index in [-0.39, 0.29) is 18.1 Å². The second-order valence-corrected chi connectivity index (χ2v) is 4.13. The molecular weight excluding hydrogens is 262 g/mol. The highest BCUT2D eigenvalue weighted by Crippen LogP contribution is 2.16. The Balaban J connectivity index is 2.49. The molecule has 110 valence electrons. The number of hydrogen-bond acceptors (Lipinski definition) is 4. The first-order chi connectivity index (χ1) is 9.54. The molecular formula is C14H19NO5. The molecule has 0 aliphatic rings. The minimum absolute atomic E-state index is 0.0934. The maximum atomic E-state index is 11.7. The van der Waals surface area contributed by atoms with Crippen LogP contribution in [0, 0.1) is 6.92 Å². The van der Waals surface area contributed by atoms with Crippen LogP contribution in [0.4, 0.5) is 5.69 Å². The fraction of sp³-hybridized carbons (Fsp3) is 0.429.